The molecule has 0 aliphatic heterocycles. The highest BCUT2D eigenvalue weighted by molar-refractivity contribution is 5.86. The Balaban J connectivity index is 2.14. The van der Waals surface area contributed by atoms with Crippen molar-refractivity contribution in [2.45, 2.75) is 12.5 Å². The molecule has 0 aliphatic rings. The summed E-state index contributed by atoms with van der Waals surface area (Å²) in [6.45, 7) is 0. The Labute approximate surface area is 117 Å². The van der Waals surface area contributed by atoms with E-state index < -0.39 is 12.0 Å². The van der Waals surface area contributed by atoms with Gasteiger partial charge in [-0.3, -0.25) is 4.99 Å². The summed E-state index contributed by atoms with van der Waals surface area (Å²) >= 11 is 0. The van der Waals surface area contributed by atoms with Gasteiger partial charge in [-0.1, -0.05) is 42.5 Å². The molecule has 0 spiro atoms. The molecule has 0 saturated heterocycles. The summed E-state index contributed by atoms with van der Waals surface area (Å²) in [4.78, 5) is 15.3. The third-order valence-corrected chi connectivity index (χ3v) is 2.89. The minimum Gasteiger partial charge on any atom is -0.507 e. The maximum Gasteiger partial charge on any atom is 0.328 e. The molecule has 102 valence electrons. The lowest BCUT2D eigenvalue weighted by Crippen LogP contribution is -2.20. The van der Waals surface area contributed by atoms with Crippen LogP contribution in [0, 0.1) is 0 Å². The van der Waals surface area contributed by atoms with E-state index in [9.17, 15) is 15.0 Å². The normalized spacial score (nSPS) is 12.4. The molecule has 2 aromatic rings. The van der Waals surface area contributed by atoms with E-state index in [1.54, 1.807) is 18.2 Å². The Morgan fingerprint density at radius 3 is 2.40 bits per heavy atom. The van der Waals surface area contributed by atoms with Crippen LogP contribution in [0.15, 0.2) is 59.6 Å². The third-order valence-electron chi connectivity index (χ3n) is 2.89. The number of benzene rings is 2. The summed E-state index contributed by atoms with van der Waals surface area (Å²) in [5.74, 6) is -0.902. The van der Waals surface area contributed by atoms with Crippen molar-refractivity contribution in [1.29, 1.82) is 0 Å². The van der Waals surface area contributed by atoms with Gasteiger partial charge in [-0.25, -0.2) is 4.79 Å². The first-order valence-electron chi connectivity index (χ1n) is 6.24. The molecule has 0 aromatic heterocycles. The Morgan fingerprint density at radius 2 is 1.75 bits per heavy atom. The van der Waals surface area contributed by atoms with Crippen LogP contribution in [0.3, 0.4) is 0 Å². The third kappa shape index (κ3) is 3.68. The van der Waals surface area contributed by atoms with Crippen LogP contribution in [-0.2, 0) is 11.2 Å². The van der Waals surface area contributed by atoms with Crippen LogP contribution >= 0.6 is 0 Å². The highest BCUT2D eigenvalue weighted by Gasteiger charge is 2.15. The van der Waals surface area contributed by atoms with E-state index in [1.165, 1.54) is 12.3 Å². The van der Waals surface area contributed by atoms with Crippen LogP contribution < -0.4 is 0 Å². The molecule has 4 heteroatoms. The van der Waals surface area contributed by atoms with Gasteiger partial charge in [-0.2, -0.15) is 0 Å². The lowest BCUT2D eigenvalue weighted by atomic mass is 10.1. The summed E-state index contributed by atoms with van der Waals surface area (Å²) in [5, 5.41) is 18.8. The Morgan fingerprint density at radius 1 is 1.10 bits per heavy atom. The van der Waals surface area contributed by atoms with E-state index in [0.717, 1.165) is 5.56 Å². The zero-order valence-corrected chi connectivity index (χ0v) is 10.8. The monoisotopic (exact) mass is 269 g/mol. The number of aliphatic imine (C=N–C) groups is 1. The molecule has 2 N–H and O–H groups in total. The number of carbonyl (C=O) groups is 1. The van der Waals surface area contributed by atoms with Crippen molar-refractivity contribution in [3.63, 3.8) is 0 Å². The molecule has 0 saturated carbocycles. The minimum atomic E-state index is -0.986. The molecule has 0 fully saturated rings. The second kappa shape index (κ2) is 6.52. The van der Waals surface area contributed by atoms with E-state index in [4.69, 9.17) is 0 Å². The van der Waals surface area contributed by atoms with Crippen molar-refractivity contribution in [3.05, 3.63) is 65.7 Å². The van der Waals surface area contributed by atoms with Gasteiger partial charge in [-0.05, 0) is 17.7 Å². The van der Waals surface area contributed by atoms with Gasteiger partial charge in [0.05, 0.1) is 0 Å². The van der Waals surface area contributed by atoms with Crippen molar-refractivity contribution in [1.82, 2.24) is 0 Å². The van der Waals surface area contributed by atoms with E-state index >= 15 is 0 Å². The van der Waals surface area contributed by atoms with Crippen LogP contribution in [0.25, 0.3) is 0 Å². The standard InChI is InChI=1S/C16H15NO3/c18-15-9-5-4-8-13(15)11-17-14(16(19)20)10-12-6-2-1-3-7-12/h1-9,11,14,18H,10H2,(H,19,20)/b17-11+. The fraction of sp³-hybridized carbons (Fsp3) is 0.125. The first-order valence-corrected chi connectivity index (χ1v) is 6.24. The van der Waals surface area contributed by atoms with Crippen molar-refractivity contribution in [2.24, 2.45) is 4.99 Å². The molecule has 2 aromatic carbocycles. The number of carboxylic acid groups (broad SMARTS) is 1. The highest BCUT2D eigenvalue weighted by Crippen LogP contribution is 2.14. The van der Waals surface area contributed by atoms with Gasteiger partial charge >= 0.3 is 5.97 Å². The molecule has 0 bridgehead atoms. The molecular formula is C16H15NO3. The summed E-state index contributed by atoms with van der Waals surface area (Å²) in [5.41, 5.74) is 1.42. The number of rotatable bonds is 5. The average Bonchev–Trinajstić information content (AvgIpc) is 2.46. The number of phenols is 1. The zero-order chi connectivity index (χ0) is 14.4. The SMILES string of the molecule is O=C(O)C(Cc1ccccc1)/N=C/c1ccccc1O. The van der Waals surface area contributed by atoms with Crippen molar-refractivity contribution < 1.29 is 15.0 Å². The number of hydrogen-bond acceptors (Lipinski definition) is 3. The smallest absolute Gasteiger partial charge is 0.328 e. The van der Waals surface area contributed by atoms with Gasteiger partial charge in [0.25, 0.3) is 0 Å². The van der Waals surface area contributed by atoms with Crippen molar-refractivity contribution in [3.8, 4) is 5.75 Å². The number of aliphatic carboxylic acids is 1. The van der Waals surface area contributed by atoms with Gasteiger partial charge in [0.2, 0.25) is 0 Å². The van der Waals surface area contributed by atoms with E-state index in [2.05, 4.69) is 4.99 Å². The fourth-order valence-electron chi connectivity index (χ4n) is 1.81. The van der Waals surface area contributed by atoms with Gasteiger partial charge in [0.15, 0.2) is 6.04 Å². The molecule has 20 heavy (non-hydrogen) atoms. The highest BCUT2D eigenvalue weighted by atomic mass is 16.4. The van der Waals surface area contributed by atoms with E-state index in [1.807, 2.05) is 30.3 Å². The van der Waals surface area contributed by atoms with Crippen LogP contribution in [0.2, 0.25) is 0 Å². The molecule has 0 heterocycles. The minimum absolute atomic E-state index is 0.0834. The summed E-state index contributed by atoms with van der Waals surface area (Å²) < 4.78 is 0. The second-order valence-corrected chi connectivity index (χ2v) is 4.38. The topological polar surface area (TPSA) is 69.9 Å². The molecule has 1 unspecified atom stereocenters. The maximum absolute atomic E-state index is 11.2. The number of carboxylic acids is 1. The largest absolute Gasteiger partial charge is 0.507 e. The number of hydrogen-bond donors (Lipinski definition) is 2. The number of para-hydroxylation sites is 1. The predicted molar refractivity (Wildman–Crippen MR) is 77.3 cm³/mol. The first kappa shape index (κ1) is 13.8. The lowest BCUT2D eigenvalue weighted by molar-refractivity contribution is -0.138. The number of aromatic hydroxyl groups is 1. The van der Waals surface area contributed by atoms with Gasteiger partial charge in [-0.15, -0.1) is 0 Å². The van der Waals surface area contributed by atoms with Gasteiger partial charge in [0.1, 0.15) is 5.75 Å². The molecule has 2 rings (SSSR count). The number of nitrogens with zero attached hydrogens (tertiary/aromatic N) is 1. The van der Waals surface area contributed by atoms with Gasteiger partial charge in [0, 0.05) is 18.2 Å². The summed E-state index contributed by atoms with van der Waals surface area (Å²) in [6, 6.07) is 15.1. The first-order chi connectivity index (χ1) is 9.66. The molecule has 0 amide bonds. The molecule has 0 radical (unpaired) electrons. The Hall–Kier alpha value is -2.62. The van der Waals surface area contributed by atoms with Crippen LogP contribution in [0.4, 0.5) is 0 Å². The van der Waals surface area contributed by atoms with E-state index in [-0.39, 0.29) is 5.75 Å². The maximum atomic E-state index is 11.2. The lowest BCUT2D eigenvalue weighted by Gasteiger charge is -2.07. The summed E-state index contributed by atoms with van der Waals surface area (Å²) in [7, 11) is 0. The Bertz CT molecular complexity index is 608. The molecule has 1 atom stereocenters. The van der Waals surface area contributed by atoms with Crippen molar-refractivity contribution >= 4 is 12.2 Å². The summed E-state index contributed by atoms with van der Waals surface area (Å²) in [6.07, 6.45) is 1.72. The zero-order valence-electron chi connectivity index (χ0n) is 10.8. The molecule has 0 aliphatic carbocycles. The fourth-order valence-corrected chi connectivity index (χ4v) is 1.81. The average molecular weight is 269 g/mol. The molecule has 4 nitrogen and oxygen atoms in total. The quantitative estimate of drug-likeness (QED) is 0.819. The molecular weight excluding hydrogens is 254 g/mol. The Kier molecular flexibility index (Phi) is 4.50. The second-order valence-electron chi connectivity index (χ2n) is 4.38. The van der Waals surface area contributed by atoms with Gasteiger partial charge < -0.3 is 10.2 Å². The predicted octanol–water partition coefficient (Wildman–Crippen LogP) is 2.51. The van der Waals surface area contributed by atoms with E-state index in [0.29, 0.717) is 12.0 Å². The van der Waals surface area contributed by atoms with Crippen LogP contribution in [-0.4, -0.2) is 28.4 Å². The van der Waals surface area contributed by atoms with Crippen LogP contribution in [0.1, 0.15) is 11.1 Å². The van der Waals surface area contributed by atoms with Crippen LogP contribution in [0.5, 0.6) is 5.75 Å². The van der Waals surface area contributed by atoms with Crippen molar-refractivity contribution in [2.75, 3.05) is 0 Å². The number of phenolic OH excluding ortho intramolecular Hbond substituents is 1.